The summed E-state index contributed by atoms with van der Waals surface area (Å²) >= 11 is 0.995. The summed E-state index contributed by atoms with van der Waals surface area (Å²) in [5.74, 6) is 2.29. The molecule has 0 aromatic carbocycles. The van der Waals surface area contributed by atoms with Gasteiger partial charge in [-0.25, -0.2) is 0 Å². The van der Waals surface area contributed by atoms with Crippen LogP contribution >= 0.6 is 11.8 Å². The van der Waals surface area contributed by atoms with Crippen LogP contribution in [-0.2, 0) is 4.79 Å². The average Bonchev–Trinajstić information content (AvgIpc) is 2.20. The van der Waals surface area contributed by atoms with Crippen molar-refractivity contribution in [2.24, 2.45) is 0 Å². The summed E-state index contributed by atoms with van der Waals surface area (Å²) in [6.07, 6.45) is 4.93. The Kier molecular flexibility index (Phi) is 1.97. The molecule has 10 heavy (non-hydrogen) atoms. The maximum atomic E-state index is 10.8. The summed E-state index contributed by atoms with van der Waals surface area (Å²) in [6.45, 7) is 0.102. The summed E-state index contributed by atoms with van der Waals surface area (Å²) < 4.78 is 0. The smallest absolute Gasteiger partial charge is 0.273 e. The van der Waals surface area contributed by atoms with Crippen molar-refractivity contribution in [2.75, 3.05) is 12.3 Å². The molecule has 0 aromatic rings. The molecule has 1 saturated heterocycles. The van der Waals surface area contributed by atoms with Crippen molar-refractivity contribution < 1.29 is 9.59 Å². The van der Waals surface area contributed by atoms with E-state index in [9.17, 15) is 9.59 Å². The first kappa shape index (κ1) is 7.16. The van der Waals surface area contributed by atoms with E-state index in [2.05, 4.69) is 5.92 Å². The van der Waals surface area contributed by atoms with Crippen LogP contribution in [0.3, 0.4) is 0 Å². The zero-order valence-electron chi connectivity index (χ0n) is 5.16. The quantitative estimate of drug-likeness (QED) is 0.511. The molecular formula is C6H5NO2S. The summed E-state index contributed by atoms with van der Waals surface area (Å²) in [7, 11) is 0. The van der Waals surface area contributed by atoms with Gasteiger partial charge in [-0.1, -0.05) is 17.7 Å². The summed E-state index contributed by atoms with van der Waals surface area (Å²) in [6, 6.07) is 0. The Labute approximate surface area is 62.8 Å². The molecule has 0 atom stereocenters. The van der Waals surface area contributed by atoms with Gasteiger partial charge >= 0.3 is 0 Å². The third-order valence-corrected chi connectivity index (χ3v) is 1.95. The number of terminal acetylenes is 1. The van der Waals surface area contributed by atoms with E-state index < -0.39 is 0 Å². The molecule has 1 aliphatic heterocycles. The lowest BCUT2D eigenvalue weighted by molar-refractivity contribution is -0.124. The van der Waals surface area contributed by atoms with E-state index in [0.29, 0.717) is 0 Å². The van der Waals surface area contributed by atoms with E-state index in [1.165, 1.54) is 0 Å². The Morgan fingerprint density at radius 1 is 1.70 bits per heavy atom. The summed E-state index contributed by atoms with van der Waals surface area (Å²) in [4.78, 5) is 22.6. The summed E-state index contributed by atoms with van der Waals surface area (Å²) in [5, 5.41) is -0.233. The fourth-order valence-electron chi connectivity index (χ4n) is 0.625. The van der Waals surface area contributed by atoms with E-state index >= 15 is 0 Å². The highest BCUT2D eigenvalue weighted by atomic mass is 32.2. The van der Waals surface area contributed by atoms with E-state index in [1.54, 1.807) is 0 Å². The van der Waals surface area contributed by atoms with Crippen molar-refractivity contribution in [1.29, 1.82) is 0 Å². The highest BCUT2D eigenvalue weighted by molar-refractivity contribution is 8.14. The van der Waals surface area contributed by atoms with Gasteiger partial charge in [-0.3, -0.25) is 14.5 Å². The van der Waals surface area contributed by atoms with Crippen LogP contribution in [0.4, 0.5) is 4.79 Å². The zero-order chi connectivity index (χ0) is 7.56. The fourth-order valence-corrected chi connectivity index (χ4v) is 1.35. The molecule has 0 radical (unpaired) electrons. The number of hydrogen-bond donors (Lipinski definition) is 0. The topological polar surface area (TPSA) is 37.4 Å². The number of rotatable bonds is 1. The van der Waals surface area contributed by atoms with Crippen LogP contribution in [0.5, 0.6) is 0 Å². The lowest BCUT2D eigenvalue weighted by Crippen LogP contribution is -2.28. The van der Waals surface area contributed by atoms with Gasteiger partial charge in [-0.15, -0.1) is 6.42 Å². The first-order chi connectivity index (χ1) is 4.75. The Balaban J connectivity index is 2.65. The fraction of sp³-hybridized carbons (Fsp3) is 0.333. The van der Waals surface area contributed by atoms with E-state index in [-0.39, 0.29) is 23.4 Å². The molecule has 4 heteroatoms. The van der Waals surface area contributed by atoms with E-state index in [1.807, 2.05) is 0 Å². The van der Waals surface area contributed by atoms with Crippen LogP contribution in [0.2, 0.25) is 0 Å². The molecule has 0 N–H and O–H groups in total. The second kappa shape index (κ2) is 2.76. The molecule has 1 aliphatic rings. The minimum Gasteiger partial charge on any atom is -0.273 e. The van der Waals surface area contributed by atoms with Crippen molar-refractivity contribution in [3.63, 3.8) is 0 Å². The van der Waals surface area contributed by atoms with Crippen LogP contribution in [0.15, 0.2) is 0 Å². The summed E-state index contributed by atoms with van der Waals surface area (Å²) in [5.41, 5.74) is 0. The highest BCUT2D eigenvalue weighted by Crippen LogP contribution is 2.17. The monoisotopic (exact) mass is 155 g/mol. The number of imide groups is 1. The lowest BCUT2D eigenvalue weighted by atomic mass is 10.5. The highest BCUT2D eigenvalue weighted by Gasteiger charge is 2.28. The molecule has 2 amide bonds. The molecule has 0 spiro atoms. The predicted molar refractivity (Wildman–Crippen MR) is 38.4 cm³/mol. The van der Waals surface area contributed by atoms with Crippen LogP contribution in [0.1, 0.15) is 0 Å². The van der Waals surface area contributed by atoms with Crippen molar-refractivity contribution >= 4 is 22.9 Å². The zero-order valence-corrected chi connectivity index (χ0v) is 5.98. The Morgan fingerprint density at radius 3 is 2.80 bits per heavy atom. The third-order valence-electron chi connectivity index (χ3n) is 1.09. The van der Waals surface area contributed by atoms with Crippen LogP contribution < -0.4 is 0 Å². The van der Waals surface area contributed by atoms with Gasteiger partial charge in [-0.05, 0) is 0 Å². The van der Waals surface area contributed by atoms with Gasteiger partial charge in [0.15, 0.2) is 0 Å². The third kappa shape index (κ3) is 1.14. The second-order valence-corrected chi connectivity index (χ2v) is 2.67. The largest absolute Gasteiger partial charge is 0.289 e. The number of hydrogen-bond acceptors (Lipinski definition) is 3. The van der Waals surface area contributed by atoms with Gasteiger partial charge < -0.3 is 0 Å². The van der Waals surface area contributed by atoms with Gasteiger partial charge in [0.05, 0.1) is 12.3 Å². The molecule has 3 nitrogen and oxygen atoms in total. The normalized spacial score (nSPS) is 17.7. The van der Waals surface area contributed by atoms with Crippen molar-refractivity contribution in [3.8, 4) is 12.3 Å². The molecule has 0 unspecified atom stereocenters. The first-order valence-corrected chi connectivity index (χ1v) is 3.65. The van der Waals surface area contributed by atoms with Gasteiger partial charge in [0.2, 0.25) is 5.91 Å². The van der Waals surface area contributed by atoms with Crippen LogP contribution in [0.25, 0.3) is 0 Å². The molecule has 1 rings (SSSR count). The Bertz CT molecular complexity index is 202. The lowest BCUT2D eigenvalue weighted by Gasteiger charge is -2.05. The van der Waals surface area contributed by atoms with Gasteiger partial charge in [-0.2, -0.15) is 0 Å². The van der Waals surface area contributed by atoms with Crippen molar-refractivity contribution in [2.45, 2.75) is 0 Å². The van der Waals surface area contributed by atoms with Crippen LogP contribution in [-0.4, -0.2) is 28.3 Å². The standard InChI is InChI=1S/C6H5NO2S/c1-2-3-7-5(8)4-10-6(7)9/h1H,3-4H2. The second-order valence-electron chi connectivity index (χ2n) is 1.74. The molecule has 0 aliphatic carbocycles. The average molecular weight is 155 g/mol. The van der Waals surface area contributed by atoms with Gasteiger partial charge in [0.25, 0.3) is 5.24 Å². The minimum atomic E-state index is -0.233. The first-order valence-electron chi connectivity index (χ1n) is 2.66. The van der Waals surface area contributed by atoms with E-state index in [4.69, 9.17) is 6.42 Å². The minimum absolute atomic E-state index is 0.102. The molecule has 0 aromatic heterocycles. The van der Waals surface area contributed by atoms with Gasteiger partial charge in [0, 0.05) is 0 Å². The molecule has 0 bridgehead atoms. The van der Waals surface area contributed by atoms with Crippen molar-refractivity contribution in [1.82, 2.24) is 4.90 Å². The molecular weight excluding hydrogens is 150 g/mol. The number of amides is 2. The maximum Gasteiger partial charge on any atom is 0.289 e. The van der Waals surface area contributed by atoms with Crippen molar-refractivity contribution in [3.05, 3.63) is 0 Å². The Hall–Kier alpha value is -0.950. The molecule has 0 saturated carbocycles. The molecule has 1 fully saturated rings. The number of carbonyl (C=O) groups is 2. The molecule has 52 valence electrons. The maximum absolute atomic E-state index is 10.8. The number of carbonyl (C=O) groups excluding carboxylic acids is 2. The Morgan fingerprint density at radius 2 is 2.40 bits per heavy atom. The van der Waals surface area contributed by atoms with Crippen LogP contribution in [0, 0.1) is 12.3 Å². The predicted octanol–water partition coefficient (Wildman–Crippen LogP) is 0.315. The number of thioether (sulfide) groups is 1. The molecule has 1 heterocycles. The SMILES string of the molecule is C#CCN1C(=O)CSC1=O. The van der Waals surface area contributed by atoms with Gasteiger partial charge in [0.1, 0.15) is 0 Å². The van der Waals surface area contributed by atoms with E-state index in [0.717, 1.165) is 16.7 Å². The number of nitrogens with zero attached hydrogens (tertiary/aromatic N) is 1.